The van der Waals surface area contributed by atoms with Crippen LogP contribution in [0.1, 0.15) is 15.2 Å². The van der Waals surface area contributed by atoms with Gasteiger partial charge in [-0.05, 0) is 40.2 Å². The summed E-state index contributed by atoms with van der Waals surface area (Å²) in [6.45, 7) is 4.54. The number of nitrogens with one attached hydrogen (secondary N) is 1. The zero-order chi connectivity index (χ0) is 15.5. The second kappa shape index (κ2) is 7.08. The van der Waals surface area contributed by atoms with E-state index in [0.717, 1.165) is 32.7 Å². The van der Waals surface area contributed by atoms with Crippen LogP contribution in [0, 0.1) is 0 Å². The largest absolute Gasteiger partial charge is 0.328 e. The average Bonchev–Trinajstić information content (AvgIpc) is 2.93. The van der Waals surface area contributed by atoms with Crippen molar-refractivity contribution in [2.75, 3.05) is 26.2 Å². The Bertz CT molecular complexity index is 653. The molecule has 0 bridgehead atoms. The van der Waals surface area contributed by atoms with E-state index in [2.05, 4.69) is 33.0 Å². The number of aromatic nitrogens is 1. The molecule has 0 aromatic carbocycles. The number of rotatable bonds is 3. The van der Waals surface area contributed by atoms with Crippen molar-refractivity contribution in [3.63, 3.8) is 0 Å². The minimum atomic E-state index is 0.0436. The lowest BCUT2D eigenvalue weighted by Crippen LogP contribution is -3.13. The Kier molecular flexibility index (Phi) is 5.13. The van der Waals surface area contributed by atoms with Crippen LogP contribution in [-0.4, -0.2) is 42.0 Å². The van der Waals surface area contributed by atoms with Gasteiger partial charge < -0.3 is 9.80 Å². The van der Waals surface area contributed by atoms with Crippen LogP contribution in [0.15, 0.2) is 34.2 Å². The van der Waals surface area contributed by atoms with Crippen molar-refractivity contribution in [3.8, 4) is 0 Å². The number of hydrogen-bond acceptors (Lipinski definition) is 3. The Balaban J connectivity index is 1.55. The molecule has 2 aromatic rings. The highest BCUT2D eigenvalue weighted by Crippen LogP contribution is 2.21. The number of hydrogen-bond donors (Lipinski definition) is 1. The molecule has 0 aliphatic carbocycles. The van der Waals surface area contributed by atoms with Gasteiger partial charge in [-0.3, -0.25) is 4.79 Å². The van der Waals surface area contributed by atoms with Crippen LogP contribution in [0.25, 0.3) is 0 Å². The summed E-state index contributed by atoms with van der Waals surface area (Å²) in [6, 6.07) is 7.65. The lowest BCUT2D eigenvalue weighted by atomic mass is 10.2. The highest BCUT2D eigenvalue weighted by atomic mass is 79.9. The Morgan fingerprint density at radius 3 is 2.68 bits per heavy atom. The third kappa shape index (κ3) is 3.87. The fourth-order valence-electron chi connectivity index (χ4n) is 2.58. The van der Waals surface area contributed by atoms with Gasteiger partial charge in [-0.2, -0.15) is 0 Å². The Hall–Kier alpha value is -0.950. The highest BCUT2D eigenvalue weighted by molar-refractivity contribution is 9.11. The van der Waals surface area contributed by atoms with Crippen molar-refractivity contribution in [1.82, 2.24) is 9.88 Å². The van der Waals surface area contributed by atoms with Gasteiger partial charge in [-0.25, -0.2) is 4.98 Å². The van der Waals surface area contributed by atoms with E-state index < -0.39 is 0 Å². The fourth-order valence-corrected chi connectivity index (χ4v) is 4.25. The topological polar surface area (TPSA) is 37.6 Å². The van der Waals surface area contributed by atoms with Crippen LogP contribution >= 0.6 is 38.9 Å². The number of carbonyl (C=O) groups excluding carboxylic acids is 1. The van der Waals surface area contributed by atoms with Crippen LogP contribution in [0.2, 0.25) is 5.15 Å². The van der Waals surface area contributed by atoms with Crippen LogP contribution in [0.3, 0.4) is 0 Å². The first-order valence-electron chi connectivity index (χ1n) is 7.10. The molecule has 1 saturated heterocycles. The monoisotopic (exact) mass is 400 g/mol. The molecule has 3 heterocycles. The number of carbonyl (C=O) groups is 1. The molecule has 0 spiro atoms. The van der Waals surface area contributed by atoms with Crippen molar-refractivity contribution >= 4 is 44.8 Å². The van der Waals surface area contributed by atoms with Crippen molar-refractivity contribution in [1.29, 1.82) is 0 Å². The first kappa shape index (κ1) is 15.9. The van der Waals surface area contributed by atoms with Gasteiger partial charge in [-0.15, -0.1) is 11.3 Å². The van der Waals surface area contributed by atoms with Gasteiger partial charge in [0.1, 0.15) is 11.7 Å². The first-order valence-corrected chi connectivity index (χ1v) is 9.09. The maximum atomic E-state index is 12.4. The van der Waals surface area contributed by atoms with Crippen LogP contribution in [-0.2, 0) is 6.54 Å². The third-order valence-corrected chi connectivity index (χ3v) is 5.63. The SMILES string of the molecule is O=C(c1ccc(Cl)nc1)N1CC[NH+](Cc2ccc(Br)s2)CC1. The zero-order valence-electron chi connectivity index (χ0n) is 11.9. The van der Waals surface area contributed by atoms with Crippen molar-refractivity contribution in [3.05, 3.63) is 49.8 Å². The number of pyridine rings is 1. The second-order valence-electron chi connectivity index (χ2n) is 5.29. The van der Waals surface area contributed by atoms with E-state index in [0.29, 0.717) is 10.7 Å². The van der Waals surface area contributed by atoms with Gasteiger partial charge in [0.2, 0.25) is 0 Å². The fraction of sp³-hybridized carbons (Fsp3) is 0.333. The van der Waals surface area contributed by atoms with Crippen molar-refractivity contribution in [2.45, 2.75) is 6.54 Å². The van der Waals surface area contributed by atoms with E-state index in [4.69, 9.17) is 11.6 Å². The molecule has 116 valence electrons. The summed E-state index contributed by atoms with van der Waals surface area (Å²) in [7, 11) is 0. The normalized spacial score (nSPS) is 16.0. The Morgan fingerprint density at radius 2 is 2.09 bits per heavy atom. The Labute approximate surface area is 146 Å². The predicted molar refractivity (Wildman–Crippen MR) is 91.6 cm³/mol. The van der Waals surface area contributed by atoms with E-state index in [-0.39, 0.29) is 5.91 Å². The maximum Gasteiger partial charge on any atom is 0.255 e. The molecule has 0 saturated carbocycles. The molecule has 4 nitrogen and oxygen atoms in total. The summed E-state index contributed by atoms with van der Waals surface area (Å²) in [5.74, 6) is 0.0436. The lowest BCUT2D eigenvalue weighted by molar-refractivity contribution is -0.917. The van der Waals surface area contributed by atoms with E-state index >= 15 is 0 Å². The number of piperazine rings is 1. The number of nitrogens with zero attached hydrogens (tertiary/aromatic N) is 2. The van der Waals surface area contributed by atoms with Gasteiger partial charge >= 0.3 is 0 Å². The lowest BCUT2D eigenvalue weighted by Gasteiger charge is -2.32. The predicted octanol–water partition coefficient (Wildman–Crippen LogP) is 2.10. The number of quaternary nitrogens is 1. The van der Waals surface area contributed by atoms with E-state index in [1.165, 1.54) is 13.6 Å². The third-order valence-electron chi connectivity index (χ3n) is 3.79. The molecule has 0 atom stereocenters. The molecule has 1 N–H and O–H groups in total. The van der Waals surface area contributed by atoms with Gasteiger partial charge in [0.25, 0.3) is 5.91 Å². The molecule has 7 heteroatoms. The minimum Gasteiger partial charge on any atom is -0.328 e. The molecule has 1 fully saturated rings. The molecule has 1 aliphatic heterocycles. The molecule has 3 rings (SSSR count). The molecule has 0 radical (unpaired) electrons. The van der Waals surface area contributed by atoms with E-state index in [1.54, 1.807) is 29.7 Å². The number of halogens is 2. The summed E-state index contributed by atoms with van der Waals surface area (Å²) in [5.41, 5.74) is 0.607. The van der Waals surface area contributed by atoms with E-state index in [9.17, 15) is 4.79 Å². The quantitative estimate of drug-likeness (QED) is 0.800. The standard InChI is InChI=1S/C15H15BrClN3OS/c16-13-3-2-12(22-13)10-19-5-7-20(8-6-19)15(21)11-1-4-14(17)18-9-11/h1-4,9H,5-8,10H2/p+1. The van der Waals surface area contributed by atoms with Crippen LogP contribution in [0.4, 0.5) is 0 Å². The smallest absolute Gasteiger partial charge is 0.255 e. The molecule has 0 unspecified atom stereocenters. The molecular weight excluding hydrogens is 386 g/mol. The summed E-state index contributed by atoms with van der Waals surface area (Å²) in [4.78, 5) is 21.2. The summed E-state index contributed by atoms with van der Waals surface area (Å²) in [6.07, 6.45) is 1.55. The average molecular weight is 402 g/mol. The first-order chi connectivity index (χ1) is 10.6. The number of amides is 1. The molecular formula is C15H16BrClN3OS+. The minimum absolute atomic E-state index is 0.0436. The van der Waals surface area contributed by atoms with Crippen LogP contribution in [0.5, 0.6) is 0 Å². The van der Waals surface area contributed by atoms with Crippen LogP contribution < -0.4 is 4.90 Å². The summed E-state index contributed by atoms with van der Waals surface area (Å²) < 4.78 is 1.17. The van der Waals surface area contributed by atoms with E-state index in [1.807, 2.05) is 4.90 Å². The van der Waals surface area contributed by atoms with Gasteiger partial charge in [0.15, 0.2) is 0 Å². The van der Waals surface area contributed by atoms with Gasteiger partial charge in [-0.1, -0.05) is 11.6 Å². The summed E-state index contributed by atoms with van der Waals surface area (Å²) >= 11 is 11.0. The van der Waals surface area contributed by atoms with Gasteiger partial charge in [0, 0.05) is 6.20 Å². The Morgan fingerprint density at radius 1 is 1.32 bits per heavy atom. The summed E-state index contributed by atoms with van der Waals surface area (Å²) in [5, 5.41) is 0.410. The zero-order valence-corrected chi connectivity index (χ0v) is 15.0. The van der Waals surface area contributed by atoms with Crippen molar-refractivity contribution < 1.29 is 9.69 Å². The number of thiophene rings is 1. The second-order valence-corrected chi connectivity index (χ2v) is 8.23. The van der Waals surface area contributed by atoms with Gasteiger partial charge in [0.05, 0.1) is 40.4 Å². The molecule has 1 amide bonds. The van der Waals surface area contributed by atoms with Crippen molar-refractivity contribution in [2.24, 2.45) is 0 Å². The highest BCUT2D eigenvalue weighted by Gasteiger charge is 2.25. The molecule has 1 aliphatic rings. The molecule has 22 heavy (non-hydrogen) atoms. The maximum absolute atomic E-state index is 12.4. The molecule has 2 aromatic heterocycles.